The molecule has 7 heteroatoms. The quantitative estimate of drug-likeness (QED) is 0.610. The van der Waals surface area contributed by atoms with Crippen LogP contribution in [0.5, 0.6) is 0 Å². The van der Waals surface area contributed by atoms with Crippen LogP contribution >= 0.6 is 0 Å². The fourth-order valence-corrected chi connectivity index (χ4v) is 4.30. The van der Waals surface area contributed by atoms with Crippen LogP contribution in [-0.4, -0.2) is 14.3 Å². The second kappa shape index (κ2) is 8.77. The molecule has 0 saturated carbocycles. The zero-order valence-electron chi connectivity index (χ0n) is 17.0. The van der Waals surface area contributed by atoms with E-state index in [9.17, 15) is 17.6 Å². The number of aryl methyl sites for hydroxylation is 3. The highest BCUT2D eigenvalue weighted by Crippen LogP contribution is 2.24. The Bertz CT molecular complexity index is 1170. The SMILES string of the molecule is Cc1cc(C)c(NC(=O)c2cc(S(=O)(=O)NCc3ccccc3)ccc2F)c(C)c1. The number of rotatable bonds is 6. The Labute approximate surface area is 176 Å². The summed E-state index contributed by atoms with van der Waals surface area (Å²) in [5.41, 5.74) is 3.76. The van der Waals surface area contributed by atoms with Gasteiger partial charge in [-0.3, -0.25) is 4.79 Å². The number of hydrogen-bond donors (Lipinski definition) is 2. The highest BCUT2D eigenvalue weighted by molar-refractivity contribution is 7.89. The van der Waals surface area contributed by atoms with Crippen molar-refractivity contribution in [2.75, 3.05) is 5.32 Å². The van der Waals surface area contributed by atoms with E-state index in [4.69, 9.17) is 0 Å². The molecule has 0 saturated heterocycles. The molecule has 5 nitrogen and oxygen atoms in total. The first-order valence-electron chi connectivity index (χ1n) is 9.40. The molecule has 0 radical (unpaired) electrons. The minimum absolute atomic E-state index is 0.0871. The smallest absolute Gasteiger partial charge is 0.258 e. The van der Waals surface area contributed by atoms with E-state index >= 15 is 0 Å². The number of benzene rings is 3. The molecule has 0 aliphatic heterocycles. The molecule has 0 atom stereocenters. The lowest BCUT2D eigenvalue weighted by molar-refractivity contribution is 0.102. The van der Waals surface area contributed by atoms with Crippen molar-refractivity contribution in [3.8, 4) is 0 Å². The van der Waals surface area contributed by atoms with Gasteiger partial charge in [-0.25, -0.2) is 17.5 Å². The number of hydrogen-bond acceptors (Lipinski definition) is 3. The maximum Gasteiger partial charge on any atom is 0.258 e. The number of amides is 1. The minimum Gasteiger partial charge on any atom is -0.321 e. The molecular weight excluding hydrogens is 403 g/mol. The summed E-state index contributed by atoms with van der Waals surface area (Å²) in [5, 5.41) is 2.71. The number of carbonyl (C=O) groups excluding carboxylic acids is 1. The Balaban J connectivity index is 1.85. The van der Waals surface area contributed by atoms with Crippen LogP contribution in [0.15, 0.2) is 65.6 Å². The van der Waals surface area contributed by atoms with Crippen LogP contribution in [0, 0.1) is 26.6 Å². The third-order valence-electron chi connectivity index (χ3n) is 4.72. The van der Waals surface area contributed by atoms with E-state index in [-0.39, 0.29) is 17.0 Å². The van der Waals surface area contributed by atoms with E-state index in [0.29, 0.717) is 5.69 Å². The predicted molar refractivity (Wildman–Crippen MR) is 115 cm³/mol. The van der Waals surface area contributed by atoms with Crippen molar-refractivity contribution >= 4 is 21.6 Å². The van der Waals surface area contributed by atoms with Crippen molar-refractivity contribution in [1.29, 1.82) is 0 Å². The van der Waals surface area contributed by atoms with Gasteiger partial charge in [0.15, 0.2) is 0 Å². The third kappa shape index (κ3) is 4.93. The van der Waals surface area contributed by atoms with Gasteiger partial charge in [0.2, 0.25) is 10.0 Å². The molecule has 0 unspecified atom stereocenters. The third-order valence-corrected chi connectivity index (χ3v) is 6.12. The Morgan fingerprint density at radius 2 is 1.57 bits per heavy atom. The number of nitrogens with one attached hydrogen (secondary N) is 2. The van der Waals surface area contributed by atoms with Gasteiger partial charge in [0.1, 0.15) is 5.82 Å². The number of sulfonamides is 1. The molecule has 3 aromatic carbocycles. The average molecular weight is 427 g/mol. The molecule has 3 aromatic rings. The topological polar surface area (TPSA) is 75.3 Å². The van der Waals surface area contributed by atoms with Gasteiger partial charge >= 0.3 is 0 Å². The van der Waals surface area contributed by atoms with E-state index < -0.39 is 21.7 Å². The first kappa shape index (κ1) is 21.7. The molecule has 0 spiro atoms. The Kier molecular flexibility index (Phi) is 6.34. The lowest BCUT2D eigenvalue weighted by Crippen LogP contribution is -2.24. The van der Waals surface area contributed by atoms with Crippen molar-refractivity contribution in [3.05, 3.63) is 94.3 Å². The van der Waals surface area contributed by atoms with Gasteiger partial charge < -0.3 is 5.32 Å². The molecular formula is C23H23FN2O3S. The largest absolute Gasteiger partial charge is 0.321 e. The average Bonchev–Trinajstić information content (AvgIpc) is 2.70. The molecule has 0 heterocycles. The summed E-state index contributed by atoms with van der Waals surface area (Å²) in [6, 6.07) is 16.0. The molecule has 1 amide bonds. The van der Waals surface area contributed by atoms with Crippen LogP contribution in [0.2, 0.25) is 0 Å². The first-order valence-corrected chi connectivity index (χ1v) is 10.9. The standard InChI is InChI=1S/C23H23FN2O3S/c1-15-11-16(2)22(17(3)12-15)26-23(27)20-13-19(9-10-21(20)24)30(28,29)25-14-18-7-5-4-6-8-18/h4-13,25H,14H2,1-3H3,(H,26,27). The number of anilines is 1. The molecule has 0 aliphatic carbocycles. The highest BCUT2D eigenvalue weighted by atomic mass is 32.2. The summed E-state index contributed by atoms with van der Waals surface area (Å²) in [5.74, 6) is -1.50. The maximum absolute atomic E-state index is 14.4. The molecule has 0 aliphatic rings. The first-order chi connectivity index (χ1) is 14.2. The van der Waals surface area contributed by atoms with E-state index in [0.717, 1.165) is 40.5 Å². The Morgan fingerprint density at radius 3 is 2.20 bits per heavy atom. The van der Waals surface area contributed by atoms with Gasteiger partial charge in [-0.15, -0.1) is 0 Å². The van der Waals surface area contributed by atoms with Crippen molar-refractivity contribution < 1.29 is 17.6 Å². The molecule has 2 N–H and O–H groups in total. The molecule has 0 bridgehead atoms. The van der Waals surface area contributed by atoms with Crippen molar-refractivity contribution in [2.24, 2.45) is 0 Å². The fourth-order valence-electron chi connectivity index (χ4n) is 3.26. The zero-order chi connectivity index (χ0) is 21.9. The van der Waals surface area contributed by atoms with Crippen molar-refractivity contribution in [3.63, 3.8) is 0 Å². The number of halogens is 1. The Hall–Kier alpha value is -3.03. The van der Waals surface area contributed by atoms with Gasteiger partial charge in [-0.05, 0) is 55.7 Å². The number of carbonyl (C=O) groups is 1. The fraction of sp³-hybridized carbons (Fsp3) is 0.174. The minimum atomic E-state index is -3.92. The van der Waals surface area contributed by atoms with E-state index in [2.05, 4.69) is 10.0 Å². The maximum atomic E-state index is 14.4. The Morgan fingerprint density at radius 1 is 0.933 bits per heavy atom. The predicted octanol–water partition coefficient (Wildman–Crippen LogP) is 4.48. The zero-order valence-corrected chi connectivity index (χ0v) is 17.8. The summed E-state index contributed by atoms with van der Waals surface area (Å²) in [6.45, 7) is 5.73. The van der Waals surface area contributed by atoms with E-state index in [1.165, 1.54) is 0 Å². The normalized spacial score (nSPS) is 11.3. The van der Waals surface area contributed by atoms with Crippen LogP contribution < -0.4 is 10.0 Å². The summed E-state index contributed by atoms with van der Waals surface area (Å²) < 4.78 is 42.1. The highest BCUT2D eigenvalue weighted by Gasteiger charge is 2.20. The molecule has 30 heavy (non-hydrogen) atoms. The summed E-state index contributed by atoms with van der Waals surface area (Å²) in [6.07, 6.45) is 0. The van der Waals surface area contributed by atoms with Crippen LogP contribution in [0.3, 0.4) is 0 Å². The van der Waals surface area contributed by atoms with Crippen LogP contribution in [0.4, 0.5) is 10.1 Å². The van der Waals surface area contributed by atoms with Crippen LogP contribution in [0.25, 0.3) is 0 Å². The summed E-state index contributed by atoms with van der Waals surface area (Å²) in [7, 11) is -3.92. The molecule has 3 rings (SSSR count). The van der Waals surface area contributed by atoms with Crippen LogP contribution in [0.1, 0.15) is 32.6 Å². The van der Waals surface area contributed by atoms with Crippen molar-refractivity contribution in [2.45, 2.75) is 32.2 Å². The van der Waals surface area contributed by atoms with Gasteiger partial charge in [0.25, 0.3) is 5.91 Å². The van der Waals surface area contributed by atoms with Gasteiger partial charge in [0.05, 0.1) is 10.5 Å². The monoisotopic (exact) mass is 426 g/mol. The molecule has 0 aromatic heterocycles. The molecule has 0 fully saturated rings. The van der Waals surface area contributed by atoms with Gasteiger partial charge in [-0.1, -0.05) is 48.0 Å². The van der Waals surface area contributed by atoms with E-state index in [1.54, 1.807) is 24.3 Å². The second-order valence-corrected chi connectivity index (χ2v) is 8.95. The summed E-state index contributed by atoms with van der Waals surface area (Å²) >= 11 is 0. The lowest BCUT2D eigenvalue weighted by atomic mass is 10.0. The lowest BCUT2D eigenvalue weighted by Gasteiger charge is -2.14. The molecule has 156 valence electrons. The van der Waals surface area contributed by atoms with Gasteiger partial charge in [-0.2, -0.15) is 0 Å². The van der Waals surface area contributed by atoms with E-state index in [1.807, 2.05) is 39.0 Å². The second-order valence-electron chi connectivity index (χ2n) is 7.18. The summed E-state index contributed by atoms with van der Waals surface area (Å²) in [4.78, 5) is 12.5. The van der Waals surface area contributed by atoms with Crippen molar-refractivity contribution in [1.82, 2.24) is 4.72 Å². The van der Waals surface area contributed by atoms with Gasteiger partial charge in [0, 0.05) is 12.2 Å². The van der Waals surface area contributed by atoms with Crippen LogP contribution in [-0.2, 0) is 16.6 Å².